The van der Waals surface area contributed by atoms with Gasteiger partial charge in [0.1, 0.15) is 6.04 Å². The molecule has 0 radical (unpaired) electrons. The Morgan fingerprint density at radius 3 is 2.55 bits per heavy atom. The molecule has 0 aliphatic rings. The minimum atomic E-state index is -1.11. The van der Waals surface area contributed by atoms with Crippen LogP contribution in [0.2, 0.25) is 0 Å². The van der Waals surface area contributed by atoms with E-state index in [0.717, 1.165) is 0 Å². The number of carbonyl (C=O) groups is 2. The summed E-state index contributed by atoms with van der Waals surface area (Å²) in [5.41, 5.74) is 5.10. The van der Waals surface area contributed by atoms with Crippen molar-refractivity contribution in [2.45, 2.75) is 6.04 Å². The summed E-state index contributed by atoms with van der Waals surface area (Å²) in [4.78, 5) is 20.7. The molecule has 0 spiro atoms. The van der Waals surface area contributed by atoms with Gasteiger partial charge in [-0.2, -0.15) is 0 Å². The van der Waals surface area contributed by atoms with Gasteiger partial charge in [0.05, 0.1) is 4.43 Å². The van der Waals surface area contributed by atoms with Crippen LogP contribution >= 0.6 is 22.6 Å². The standard InChI is InChI=1S/C5H9IN2O3/c6-1-4(9)8-2-3(7)5(10)11/h3H,1-2,7H2,(H,8,9)(H,10,11)/t3-/m0/s1. The normalized spacial score (nSPS) is 12.2. The van der Waals surface area contributed by atoms with Gasteiger partial charge in [0.15, 0.2) is 0 Å². The van der Waals surface area contributed by atoms with Crippen LogP contribution in [0.1, 0.15) is 0 Å². The molecule has 0 aromatic rings. The molecule has 1 amide bonds. The molecule has 1 atom stereocenters. The summed E-state index contributed by atoms with van der Waals surface area (Å²) < 4.78 is 0.310. The summed E-state index contributed by atoms with van der Waals surface area (Å²) in [6.45, 7) is -0.0167. The summed E-state index contributed by atoms with van der Waals surface area (Å²) in [5.74, 6) is -1.32. The number of hydrogen-bond acceptors (Lipinski definition) is 3. The number of alkyl halides is 1. The van der Waals surface area contributed by atoms with Crippen molar-refractivity contribution in [1.82, 2.24) is 5.32 Å². The van der Waals surface area contributed by atoms with Crippen molar-refractivity contribution in [3.63, 3.8) is 0 Å². The predicted molar refractivity (Wildman–Crippen MR) is 47.5 cm³/mol. The molecular formula is C5H9IN2O3. The van der Waals surface area contributed by atoms with Gasteiger partial charge in [0.25, 0.3) is 0 Å². The molecular weight excluding hydrogens is 263 g/mol. The second-order valence-corrected chi connectivity index (χ2v) is 2.65. The van der Waals surface area contributed by atoms with Crippen molar-refractivity contribution in [3.8, 4) is 0 Å². The molecule has 0 unspecified atom stereocenters. The molecule has 0 heterocycles. The zero-order valence-corrected chi connectivity index (χ0v) is 7.87. The van der Waals surface area contributed by atoms with Crippen molar-refractivity contribution < 1.29 is 14.7 Å². The van der Waals surface area contributed by atoms with Crippen molar-refractivity contribution in [1.29, 1.82) is 0 Å². The fourth-order valence-electron chi connectivity index (χ4n) is 0.358. The van der Waals surface area contributed by atoms with E-state index in [9.17, 15) is 9.59 Å². The summed E-state index contributed by atoms with van der Waals surface area (Å²) in [7, 11) is 0. The highest BCUT2D eigenvalue weighted by Crippen LogP contribution is 1.80. The van der Waals surface area contributed by atoms with E-state index in [2.05, 4.69) is 5.32 Å². The Morgan fingerprint density at radius 1 is 1.64 bits per heavy atom. The molecule has 0 rings (SSSR count). The smallest absolute Gasteiger partial charge is 0.322 e. The Hall–Kier alpha value is -0.370. The van der Waals surface area contributed by atoms with Crippen molar-refractivity contribution in [3.05, 3.63) is 0 Å². The van der Waals surface area contributed by atoms with Crippen molar-refractivity contribution in [2.24, 2.45) is 5.73 Å². The van der Waals surface area contributed by atoms with E-state index in [1.165, 1.54) is 0 Å². The molecule has 0 bridgehead atoms. The number of carboxylic acids is 1. The van der Waals surface area contributed by atoms with Gasteiger partial charge < -0.3 is 16.2 Å². The maximum Gasteiger partial charge on any atom is 0.322 e. The first-order valence-electron chi connectivity index (χ1n) is 2.89. The molecule has 0 fully saturated rings. The van der Waals surface area contributed by atoms with Crippen LogP contribution < -0.4 is 11.1 Å². The number of rotatable bonds is 4. The first-order chi connectivity index (χ1) is 5.07. The van der Waals surface area contributed by atoms with E-state index < -0.39 is 12.0 Å². The average molecular weight is 272 g/mol. The van der Waals surface area contributed by atoms with Gasteiger partial charge in [-0.3, -0.25) is 9.59 Å². The molecule has 4 N–H and O–H groups in total. The molecule has 6 heteroatoms. The second kappa shape index (κ2) is 5.30. The molecule has 5 nitrogen and oxygen atoms in total. The summed E-state index contributed by atoms with van der Waals surface area (Å²) in [6.07, 6.45) is 0. The van der Waals surface area contributed by atoms with Gasteiger partial charge in [-0.1, -0.05) is 22.6 Å². The highest BCUT2D eigenvalue weighted by molar-refractivity contribution is 14.1. The van der Waals surface area contributed by atoms with Crippen LogP contribution in [0.5, 0.6) is 0 Å². The molecule has 0 saturated heterocycles. The number of halogens is 1. The Kier molecular flexibility index (Phi) is 5.12. The Morgan fingerprint density at radius 2 is 2.18 bits per heavy atom. The van der Waals surface area contributed by atoms with Crippen LogP contribution in [0.3, 0.4) is 0 Å². The lowest BCUT2D eigenvalue weighted by Gasteiger charge is -2.06. The minimum absolute atomic E-state index is 0.0167. The van der Waals surface area contributed by atoms with Gasteiger partial charge in [-0.05, 0) is 0 Å². The van der Waals surface area contributed by atoms with Crippen molar-refractivity contribution in [2.75, 3.05) is 11.0 Å². The second-order valence-electron chi connectivity index (χ2n) is 1.88. The zero-order chi connectivity index (χ0) is 8.85. The molecule has 0 aromatic carbocycles. The number of hydrogen-bond donors (Lipinski definition) is 3. The maximum atomic E-state index is 10.6. The fourth-order valence-corrected chi connectivity index (χ4v) is 0.628. The Labute approximate surface area is 77.5 Å². The highest BCUT2D eigenvalue weighted by atomic mass is 127. The SMILES string of the molecule is N[C@@H](CNC(=O)CI)C(=O)O. The number of carbonyl (C=O) groups excluding carboxylic acids is 1. The predicted octanol–water partition coefficient (Wildman–Crippen LogP) is -1.05. The van der Waals surface area contributed by atoms with Gasteiger partial charge in [-0.25, -0.2) is 0 Å². The van der Waals surface area contributed by atoms with Gasteiger partial charge in [-0.15, -0.1) is 0 Å². The minimum Gasteiger partial charge on any atom is -0.480 e. The molecule has 64 valence electrons. The van der Waals surface area contributed by atoms with Crippen molar-refractivity contribution >= 4 is 34.5 Å². The van der Waals surface area contributed by atoms with E-state index in [4.69, 9.17) is 10.8 Å². The Bertz CT molecular complexity index is 162. The van der Waals surface area contributed by atoms with Gasteiger partial charge in [0, 0.05) is 6.54 Å². The number of aliphatic carboxylic acids is 1. The lowest BCUT2D eigenvalue weighted by molar-refractivity contribution is -0.138. The first-order valence-corrected chi connectivity index (χ1v) is 4.41. The summed E-state index contributed by atoms with van der Waals surface area (Å²) in [6, 6.07) is -1.01. The van der Waals surface area contributed by atoms with Crippen LogP contribution in [-0.4, -0.2) is 34.0 Å². The lowest BCUT2D eigenvalue weighted by Crippen LogP contribution is -2.42. The van der Waals surface area contributed by atoms with Gasteiger partial charge in [0.2, 0.25) is 5.91 Å². The van der Waals surface area contributed by atoms with Crippen LogP contribution in [-0.2, 0) is 9.59 Å². The van der Waals surface area contributed by atoms with Crippen LogP contribution in [0.25, 0.3) is 0 Å². The summed E-state index contributed by atoms with van der Waals surface area (Å²) >= 11 is 1.88. The molecule has 0 aliphatic heterocycles. The number of nitrogens with two attached hydrogens (primary N) is 1. The maximum absolute atomic E-state index is 10.6. The third kappa shape index (κ3) is 4.96. The quantitative estimate of drug-likeness (QED) is 0.449. The number of amides is 1. The molecule has 11 heavy (non-hydrogen) atoms. The van der Waals surface area contributed by atoms with Crippen LogP contribution in [0, 0.1) is 0 Å². The third-order valence-electron chi connectivity index (χ3n) is 0.958. The lowest BCUT2D eigenvalue weighted by atomic mass is 10.3. The largest absolute Gasteiger partial charge is 0.480 e. The average Bonchev–Trinajstić information content (AvgIpc) is 1.99. The van der Waals surface area contributed by atoms with E-state index in [1.54, 1.807) is 0 Å². The fraction of sp³-hybridized carbons (Fsp3) is 0.600. The van der Waals surface area contributed by atoms with Gasteiger partial charge >= 0.3 is 5.97 Å². The molecule has 0 aromatic heterocycles. The number of nitrogens with one attached hydrogen (secondary N) is 1. The monoisotopic (exact) mass is 272 g/mol. The van der Waals surface area contributed by atoms with Crippen LogP contribution in [0.4, 0.5) is 0 Å². The first kappa shape index (κ1) is 10.6. The third-order valence-corrected chi connectivity index (χ3v) is 1.65. The van der Waals surface area contributed by atoms with E-state index in [1.807, 2.05) is 22.6 Å². The number of carboxylic acid groups (broad SMARTS) is 1. The highest BCUT2D eigenvalue weighted by Gasteiger charge is 2.11. The topological polar surface area (TPSA) is 92.4 Å². The molecule has 0 saturated carbocycles. The Balaban J connectivity index is 3.54. The van der Waals surface area contributed by atoms with Crippen LogP contribution in [0.15, 0.2) is 0 Å². The van der Waals surface area contributed by atoms with E-state index >= 15 is 0 Å². The zero-order valence-electron chi connectivity index (χ0n) is 5.71. The van der Waals surface area contributed by atoms with E-state index in [0.29, 0.717) is 4.43 Å². The summed E-state index contributed by atoms with van der Waals surface area (Å²) in [5, 5.41) is 10.7. The molecule has 0 aliphatic carbocycles. The van der Waals surface area contributed by atoms with E-state index in [-0.39, 0.29) is 12.5 Å².